The number of nitrogens with one attached hydrogen (secondary N) is 1. The standard InChI is InChI=1S/C22H20N2O4/c1-27-19-9-8-18(14-20(19)28-2)23-21(25)15-24-12-10-17(11-13-24)22(26)16-6-4-3-5-7-16/h3-14H,15H2,1-2H3/p+1. The Balaban J connectivity index is 1.64. The molecule has 1 aromatic heterocycles. The van der Waals surface area contributed by atoms with Gasteiger partial charge in [0.1, 0.15) is 0 Å². The monoisotopic (exact) mass is 377 g/mol. The minimum Gasteiger partial charge on any atom is -0.493 e. The molecule has 0 fully saturated rings. The summed E-state index contributed by atoms with van der Waals surface area (Å²) in [6, 6.07) is 17.7. The van der Waals surface area contributed by atoms with Crippen molar-refractivity contribution in [3.05, 3.63) is 84.2 Å². The van der Waals surface area contributed by atoms with Gasteiger partial charge in [0, 0.05) is 35.0 Å². The number of amides is 1. The summed E-state index contributed by atoms with van der Waals surface area (Å²) in [6.45, 7) is 0.119. The molecule has 0 saturated heterocycles. The number of rotatable bonds is 7. The molecule has 0 unspecified atom stereocenters. The summed E-state index contributed by atoms with van der Waals surface area (Å²) in [5.41, 5.74) is 1.81. The Morgan fingerprint density at radius 1 is 0.857 bits per heavy atom. The van der Waals surface area contributed by atoms with Crippen LogP contribution in [0.15, 0.2) is 73.1 Å². The molecule has 2 aromatic carbocycles. The van der Waals surface area contributed by atoms with Gasteiger partial charge in [-0.05, 0) is 12.1 Å². The summed E-state index contributed by atoms with van der Waals surface area (Å²) < 4.78 is 12.1. The van der Waals surface area contributed by atoms with Gasteiger partial charge in [0.15, 0.2) is 29.7 Å². The van der Waals surface area contributed by atoms with E-state index in [1.165, 1.54) is 7.11 Å². The van der Waals surface area contributed by atoms with Crippen LogP contribution in [0.5, 0.6) is 11.5 Å². The smallest absolute Gasteiger partial charge is 0.290 e. The van der Waals surface area contributed by atoms with Crippen LogP contribution in [-0.2, 0) is 11.3 Å². The highest BCUT2D eigenvalue weighted by Crippen LogP contribution is 2.29. The van der Waals surface area contributed by atoms with Gasteiger partial charge < -0.3 is 14.8 Å². The maximum atomic E-state index is 12.4. The lowest BCUT2D eigenvalue weighted by molar-refractivity contribution is -0.684. The van der Waals surface area contributed by atoms with Crippen molar-refractivity contribution in [2.45, 2.75) is 6.54 Å². The zero-order valence-corrected chi connectivity index (χ0v) is 15.7. The summed E-state index contributed by atoms with van der Waals surface area (Å²) in [5, 5.41) is 2.82. The topological polar surface area (TPSA) is 68.5 Å². The Labute approximate surface area is 163 Å². The van der Waals surface area contributed by atoms with Gasteiger partial charge in [-0.3, -0.25) is 9.59 Å². The Kier molecular flexibility index (Phi) is 6.01. The van der Waals surface area contributed by atoms with Crippen molar-refractivity contribution in [2.75, 3.05) is 19.5 Å². The van der Waals surface area contributed by atoms with Crippen molar-refractivity contribution < 1.29 is 23.6 Å². The molecular weight excluding hydrogens is 356 g/mol. The summed E-state index contributed by atoms with van der Waals surface area (Å²) in [5.74, 6) is 0.882. The number of carbonyl (C=O) groups is 2. The fourth-order valence-electron chi connectivity index (χ4n) is 2.75. The first kappa shape index (κ1) is 19.1. The van der Waals surface area contributed by atoms with Crippen LogP contribution in [-0.4, -0.2) is 25.9 Å². The summed E-state index contributed by atoms with van der Waals surface area (Å²) in [7, 11) is 3.09. The van der Waals surface area contributed by atoms with Crippen LogP contribution in [0, 0.1) is 0 Å². The van der Waals surface area contributed by atoms with Crippen molar-refractivity contribution in [3.8, 4) is 11.5 Å². The van der Waals surface area contributed by atoms with E-state index in [1.54, 1.807) is 66.5 Å². The largest absolute Gasteiger partial charge is 0.493 e. The normalized spacial score (nSPS) is 10.2. The molecule has 1 heterocycles. The Hall–Kier alpha value is -3.67. The average molecular weight is 377 g/mol. The van der Waals surface area contributed by atoms with E-state index in [-0.39, 0.29) is 18.2 Å². The van der Waals surface area contributed by atoms with E-state index < -0.39 is 0 Å². The van der Waals surface area contributed by atoms with E-state index in [1.807, 2.05) is 18.2 Å². The first-order valence-corrected chi connectivity index (χ1v) is 8.71. The molecule has 0 saturated carbocycles. The highest BCUT2D eigenvalue weighted by Gasteiger charge is 2.14. The van der Waals surface area contributed by atoms with Crippen LogP contribution in [0.2, 0.25) is 0 Å². The van der Waals surface area contributed by atoms with Crippen LogP contribution in [0.1, 0.15) is 15.9 Å². The second-order valence-corrected chi connectivity index (χ2v) is 6.07. The van der Waals surface area contributed by atoms with Crippen LogP contribution >= 0.6 is 0 Å². The fraction of sp³-hybridized carbons (Fsp3) is 0.136. The van der Waals surface area contributed by atoms with E-state index in [0.29, 0.717) is 28.3 Å². The second kappa shape index (κ2) is 8.81. The number of ketones is 1. The van der Waals surface area contributed by atoms with Gasteiger partial charge in [0.2, 0.25) is 6.54 Å². The Morgan fingerprint density at radius 3 is 2.14 bits per heavy atom. The average Bonchev–Trinajstić information content (AvgIpc) is 2.74. The molecular formula is C22H21N2O4+. The molecule has 3 aromatic rings. The molecule has 0 aliphatic carbocycles. The van der Waals surface area contributed by atoms with Crippen molar-refractivity contribution in [2.24, 2.45) is 0 Å². The van der Waals surface area contributed by atoms with Crippen LogP contribution in [0.3, 0.4) is 0 Å². The second-order valence-electron chi connectivity index (χ2n) is 6.07. The number of methoxy groups -OCH3 is 2. The van der Waals surface area contributed by atoms with Crippen molar-refractivity contribution >= 4 is 17.4 Å². The van der Waals surface area contributed by atoms with Gasteiger partial charge in [-0.1, -0.05) is 30.3 Å². The number of benzene rings is 2. The van der Waals surface area contributed by atoms with Crippen molar-refractivity contribution in [1.82, 2.24) is 0 Å². The maximum absolute atomic E-state index is 12.4. The van der Waals surface area contributed by atoms with Gasteiger partial charge in [-0.15, -0.1) is 0 Å². The van der Waals surface area contributed by atoms with E-state index in [4.69, 9.17) is 9.47 Å². The number of ether oxygens (including phenoxy) is 2. The molecule has 0 atom stereocenters. The minimum atomic E-state index is -0.195. The highest BCUT2D eigenvalue weighted by molar-refractivity contribution is 6.08. The van der Waals surface area contributed by atoms with Crippen molar-refractivity contribution in [1.29, 1.82) is 0 Å². The van der Waals surface area contributed by atoms with Crippen LogP contribution < -0.4 is 19.4 Å². The first-order chi connectivity index (χ1) is 13.6. The zero-order valence-electron chi connectivity index (χ0n) is 15.7. The number of hydrogen-bond acceptors (Lipinski definition) is 4. The summed E-state index contributed by atoms with van der Waals surface area (Å²) >= 11 is 0. The van der Waals surface area contributed by atoms with E-state index in [0.717, 1.165) is 0 Å². The van der Waals surface area contributed by atoms with E-state index >= 15 is 0 Å². The number of carbonyl (C=O) groups excluding carboxylic acids is 2. The van der Waals surface area contributed by atoms with Gasteiger partial charge in [0.25, 0.3) is 5.91 Å². The van der Waals surface area contributed by atoms with Crippen LogP contribution in [0.4, 0.5) is 5.69 Å². The molecule has 142 valence electrons. The van der Waals surface area contributed by atoms with E-state index in [2.05, 4.69) is 5.32 Å². The molecule has 6 nitrogen and oxygen atoms in total. The molecule has 0 aliphatic rings. The highest BCUT2D eigenvalue weighted by atomic mass is 16.5. The molecule has 0 spiro atoms. The third-order valence-corrected chi connectivity index (χ3v) is 4.18. The molecule has 28 heavy (non-hydrogen) atoms. The van der Waals surface area contributed by atoms with Crippen LogP contribution in [0.25, 0.3) is 0 Å². The lowest BCUT2D eigenvalue weighted by Gasteiger charge is -2.10. The third-order valence-electron chi connectivity index (χ3n) is 4.18. The quantitative estimate of drug-likeness (QED) is 0.508. The van der Waals surface area contributed by atoms with Crippen molar-refractivity contribution in [3.63, 3.8) is 0 Å². The van der Waals surface area contributed by atoms with Gasteiger partial charge >= 0.3 is 0 Å². The predicted molar refractivity (Wildman–Crippen MR) is 105 cm³/mol. The molecule has 0 radical (unpaired) electrons. The molecule has 0 bridgehead atoms. The third kappa shape index (κ3) is 4.54. The SMILES string of the molecule is COc1ccc(NC(=O)C[n+]2ccc(C(=O)c3ccccc3)cc2)cc1OC. The fourth-order valence-corrected chi connectivity index (χ4v) is 2.75. The number of hydrogen-bond donors (Lipinski definition) is 1. The summed E-state index contributed by atoms with van der Waals surface area (Å²) in [6.07, 6.45) is 3.43. The number of aromatic nitrogens is 1. The zero-order chi connectivity index (χ0) is 19.9. The first-order valence-electron chi connectivity index (χ1n) is 8.71. The molecule has 6 heteroatoms. The van der Waals surface area contributed by atoms with Gasteiger partial charge in [-0.2, -0.15) is 4.57 Å². The number of nitrogens with zero attached hydrogens (tertiary/aromatic N) is 1. The Morgan fingerprint density at radius 2 is 1.50 bits per heavy atom. The molecule has 0 aliphatic heterocycles. The maximum Gasteiger partial charge on any atom is 0.290 e. The lowest BCUT2D eigenvalue weighted by Crippen LogP contribution is -2.39. The summed E-state index contributed by atoms with van der Waals surface area (Å²) in [4.78, 5) is 24.7. The predicted octanol–water partition coefficient (Wildman–Crippen LogP) is 2.86. The minimum absolute atomic E-state index is 0.0532. The van der Waals surface area contributed by atoms with Gasteiger partial charge in [-0.25, -0.2) is 0 Å². The van der Waals surface area contributed by atoms with E-state index in [9.17, 15) is 9.59 Å². The number of anilines is 1. The molecule has 1 N–H and O–H groups in total. The molecule has 3 rings (SSSR count). The number of pyridine rings is 1. The lowest BCUT2D eigenvalue weighted by atomic mass is 10.0. The Bertz CT molecular complexity index is 970. The van der Waals surface area contributed by atoms with Gasteiger partial charge in [0.05, 0.1) is 14.2 Å². The molecule has 1 amide bonds.